The third kappa shape index (κ3) is 10.1. The Morgan fingerprint density at radius 1 is 0.585 bits per heavy atom. The Balaban J connectivity index is 1.58. The number of ether oxygens (including phenoxy) is 4. The lowest BCUT2D eigenvalue weighted by molar-refractivity contribution is -0.153. The van der Waals surface area contributed by atoms with Crippen molar-refractivity contribution in [3.8, 4) is 0 Å². The Labute approximate surface area is 247 Å². The van der Waals surface area contributed by atoms with Gasteiger partial charge in [-0.05, 0) is 27.8 Å². The predicted octanol–water partition coefficient (Wildman–Crippen LogP) is 7.28. The van der Waals surface area contributed by atoms with Crippen molar-refractivity contribution >= 4 is 17.9 Å². The van der Waals surface area contributed by atoms with E-state index in [9.17, 15) is 4.79 Å². The Bertz CT molecular complexity index is 1300. The molecular weight excluding hydrogens is 536 g/mol. The van der Waals surface area contributed by atoms with Crippen LogP contribution in [0, 0.1) is 0 Å². The molecule has 0 aliphatic carbocycles. The van der Waals surface area contributed by atoms with Gasteiger partial charge in [0.1, 0.15) is 18.3 Å². The largest absolute Gasteiger partial charge is 0.372 e. The van der Waals surface area contributed by atoms with Crippen molar-refractivity contribution in [2.75, 3.05) is 6.61 Å². The van der Waals surface area contributed by atoms with Gasteiger partial charge in [-0.2, -0.15) is 0 Å². The monoisotopic (exact) mass is 570 g/mol. The highest BCUT2D eigenvalue weighted by atomic mass is 35.5. The molecule has 0 radical (unpaired) electrons. The van der Waals surface area contributed by atoms with Crippen LogP contribution in [0.1, 0.15) is 22.3 Å². The topological polar surface area (TPSA) is 54.0 Å². The summed E-state index contributed by atoms with van der Waals surface area (Å²) < 4.78 is 25.1. The second-order valence-corrected chi connectivity index (χ2v) is 9.76. The first-order chi connectivity index (χ1) is 20.3. The molecule has 6 heteroatoms. The van der Waals surface area contributed by atoms with E-state index < -0.39 is 18.3 Å². The molecule has 0 N–H and O–H groups in total. The number of carbonyl (C=O) groups excluding carboxylic acids is 1. The number of aldehydes is 1. The average molecular weight is 571 g/mol. The van der Waals surface area contributed by atoms with Gasteiger partial charge in [0.25, 0.3) is 0 Å². The Kier molecular flexibility index (Phi) is 12.8. The second-order valence-electron chi connectivity index (χ2n) is 9.54. The Morgan fingerprint density at radius 3 is 1.44 bits per heavy atom. The van der Waals surface area contributed by atoms with Crippen molar-refractivity contribution in [3.05, 3.63) is 155 Å². The van der Waals surface area contributed by atoms with Gasteiger partial charge in [-0.15, -0.1) is 0 Å². The van der Waals surface area contributed by atoms with Crippen LogP contribution in [0.25, 0.3) is 0 Å². The summed E-state index contributed by atoms with van der Waals surface area (Å²) in [6.07, 6.45) is -1.68. The van der Waals surface area contributed by atoms with E-state index in [-0.39, 0.29) is 26.4 Å². The minimum absolute atomic E-state index is 0.188. The fourth-order valence-corrected chi connectivity index (χ4v) is 4.50. The molecule has 0 aliphatic heterocycles. The number of hydrogen-bond acceptors (Lipinski definition) is 5. The molecule has 0 aliphatic rings. The molecule has 4 aromatic carbocycles. The highest BCUT2D eigenvalue weighted by Gasteiger charge is 2.35. The highest BCUT2D eigenvalue weighted by Crippen LogP contribution is 2.24. The number of rotatable bonds is 17. The van der Waals surface area contributed by atoms with Crippen molar-refractivity contribution in [1.29, 1.82) is 0 Å². The maximum atomic E-state index is 12.5. The molecule has 0 spiro atoms. The summed E-state index contributed by atoms with van der Waals surface area (Å²) in [4.78, 5) is 12.5. The first-order valence-electron chi connectivity index (χ1n) is 13.6. The molecule has 0 fully saturated rings. The number of carbonyl (C=O) groups is 1. The molecule has 0 saturated heterocycles. The first-order valence-corrected chi connectivity index (χ1v) is 14.0. The number of halogens is 1. The molecule has 4 rings (SSSR count). The maximum absolute atomic E-state index is 12.5. The lowest BCUT2D eigenvalue weighted by Crippen LogP contribution is -2.45. The molecule has 3 atom stereocenters. The van der Waals surface area contributed by atoms with Crippen LogP contribution in [0.15, 0.2) is 132 Å². The predicted molar refractivity (Wildman–Crippen MR) is 161 cm³/mol. The molecule has 0 bridgehead atoms. The molecule has 0 heterocycles. The van der Waals surface area contributed by atoms with E-state index in [4.69, 9.17) is 30.5 Å². The van der Waals surface area contributed by atoms with E-state index in [1.54, 1.807) is 0 Å². The third-order valence-corrected chi connectivity index (χ3v) is 6.77. The molecule has 0 amide bonds. The minimum Gasteiger partial charge on any atom is -0.372 e. The van der Waals surface area contributed by atoms with Crippen molar-refractivity contribution < 1.29 is 23.7 Å². The summed E-state index contributed by atoms with van der Waals surface area (Å²) in [5.41, 5.74) is 6.03. The summed E-state index contributed by atoms with van der Waals surface area (Å²) in [6, 6.07) is 39.2. The van der Waals surface area contributed by atoms with E-state index in [1.807, 2.05) is 121 Å². The van der Waals surface area contributed by atoms with Crippen LogP contribution < -0.4 is 0 Å². The summed E-state index contributed by atoms with van der Waals surface area (Å²) in [5.74, 6) is 0. The third-order valence-electron chi connectivity index (χ3n) is 6.49. The van der Waals surface area contributed by atoms with E-state index >= 15 is 0 Å². The SMILES string of the molecule is O=C[C@H](OCc1ccccc1)[C@@H](OCc1ccccc1)[C@H](OCc1ccccc1)/C(=C\Cl)COCc1ccccc1. The number of benzene rings is 4. The maximum Gasteiger partial charge on any atom is 0.151 e. The van der Waals surface area contributed by atoms with E-state index in [0.29, 0.717) is 12.2 Å². The van der Waals surface area contributed by atoms with Crippen LogP contribution in [0.4, 0.5) is 0 Å². The van der Waals surface area contributed by atoms with E-state index in [1.165, 1.54) is 5.54 Å². The zero-order valence-corrected chi connectivity index (χ0v) is 23.6. The van der Waals surface area contributed by atoms with Gasteiger partial charge in [-0.25, -0.2) is 0 Å². The smallest absolute Gasteiger partial charge is 0.151 e. The van der Waals surface area contributed by atoms with E-state index in [0.717, 1.165) is 28.5 Å². The zero-order chi connectivity index (χ0) is 28.5. The van der Waals surface area contributed by atoms with Crippen LogP contribution in [-0.4, -0.2) is 31.2 Å². The Morgan fingerprint density at radius 2 is 1.00 bits per heavy atom. The van der Waals surface area contributed by atoms with Gasteiger partial charge in [0.05, 0.1) is 33.0 Å². The minimum atomic E-state index is -0.930. The highest BCUT2D eigenvalue weighted by molar-refractivity contribution is 6.25. The quantitative estimate of drug-likeness (QED) is 0.125. The molecular formula is C35H35ClO5. The van der Waals surface area contributed by atoms with Gasteiger partial charge in [0.2, 0.25) is 0 Å². The van der Waals surface area contributed by atoms with Gasteiger partial charge in [0, 0.05) is 5.54 Å². The van der Waals surface area contributed by atoms with Crippen molar-refractivity contribution in [2.24, 2.45) is 0 Å². The standard InChI is InChI=1S/C35H35ClO5/c36-21-32(27-38-23-28-13-5-1-6-14-28)34(40-25-30-17-9-3-10-18-30)35(41-26-31-19-11-4-12-20-31)33(22-37)39-24-29-15-7-2-8-16-29/h1-22,33-35H,23-27H2/b32-21-/t33-,34+,35+/m0/s1. The van der Waals surface area contributed by atoms with Gasteiger partial charge in [-0.1, -0.05) is 133 Å². The van der Waals surface area contributed by atoms with Crippen molar-refractivity contribution in [3.63, 3.8) is 0 Å². The van der Waals surface area contributed by atoms with Crippen LogP contribution >= 0.6 is 11.6 Å². The summed E-state index contributed by atoms with van der Waals surface area (Å²) in [5, 5.41) is 0. The molecule has 212 valence electrons. The van der Waals surface area contributed by atoms with Crippen LogP contribution in [0.2, 0.25) is 0 Å². The molecule has 0 unspecified atom stereocenters. The summed E-state index contributed by atoms with van der Waals surface area (Å²) in [6.45, 7) is 1.38. The van der Waals surface area contributed by atoms with Gasteiger partial charge < -0.3 is 23.7 Å². The van der Waals surface area contributed by atoms with Gasteiger partial charge >= 0.3 is 0 Å². The number of hydrogen-bond donors (Lipinski definition) is 0. The average Bonchev–Trinajstić information content (AvgIpc) is 3.04. The van der Waals surface area contributed by atoms with Crippen LogP contribution in [0.5, 0.6) is 0 Å². The molecule has 5 nitrogen and oxygen atoms in total. The van der Waals surface area contributed by atoms with Crippen molar-refractivity contribution in [2.45, 2.75) is 44.7 Å². The lowest BCUT2D eigenvalue weighted by Gasteiger charge is -2.32. The lowest BCUT2D eigenvalue weighted by atomic mass is 10.0. The summed E-state index contributed by atoms with van der Waals surface area (Å²) >= 11 is 6.40. The first kappa shape index (κ1) is 30.4. The molecule has 41 heavy (non-hydrogen) atoms. The molecule has 0 aromatic heterocycles. The second kappa shape index (κ2) is 17.3. The molecule has 0 saturated carbocycles. The van der Waals surface area contributed by atoms with Gasteiger partial charge in [-0.3, -0.25) is 0 Å². The fourth-order valence-electron chi connectivity index (χ4n) is 4.31. The van der Waals surface area contributed by atoms with Crippen LogP contribution in [0.3, 0.4) is 0 Å². The zero-order valence-electron chi connectivity index (χ0n) is 22.9. The normalized spacial score (nSPS) is 13.8. The molecule has 4 aromatic rings. The van der Waals surface area contributed by atoms with Crippen LogP contribution in [-0.2, 0) is 50.2 Å². The van der Waals surface area contributed by atoms with E-state index in [2.05, 4.69) is 0 Å². The Hall–Kier alpha value is -3.58. The summed E-state index contributed by atoms with van der Waals surface area (Å²) in [7, 11) is 0. The van der Waals surface area contributed by atoms with Crippen molar-refractivity contribution in [1.82, 2.24) is 0 Å². The van der Waals surface area contributed by atoms with Gasteiger partial charge in [0.15, 0.2) is 6.29 Å². The fraction of sp³-hybridized carbons (Fsp3) is 0.229.